The van der Waals surface area contributed by atoms with E-state index in [1.165, 1.54) is 0 Å². The SMILES string of the molecule is Cc1c(CNC(=O)c2nn[nH]n2)cnn1C. The molecular formula is C8H11N7O. The van der Waals surface area contributed by atoms with Gasteiger partial charge >= 0.3 is 0 Å². The minimum absolute atomic E-state index is 0.0292. The Morgan fingerprint density at radius 2 is 2.44 bits per heavy atom. The monoisotopic (exact) mass is 221 g/mol. The molecule has 8 heteroatoms. The van der Waals surface area contributed by atoms with Gasteiger partial charge in [-0.2, -0.15) is 10.3 Å². The van der Waals surface area contributed by atoms with Crippen molar-refractivity contribution in [2.75, 3.05) is 0 Å². The highest BCUT2D eigenvalue weighted by atomic mass is 16.2. The molecule has 0 aromatic carbocycles. The molecule has 2 N–H and O–H groups in total. The standard InChI is InChI=1S/C8H11N7O/c1-5-6(4-10-15(5)2)3-9-8(16)7-11-13-14-12-7/h4H,3H2,1-2H3,(H,9,16)(H,11,12,13,14). The molecular weight excluding hydrogens is 210 g/mol. The molecule has 2 aromatic heterocycles. The largest absolute Gasteiger partial charge is 0.345 e. The number of aryl methyl sites for hydroxylation is 1. The summed E-state index contributed by atoms with van der Waals surface area (Å²) in [6.45, 7) is 2.33. The van der Waals surface area contributed by atoms with Crippen molar-refractivity contribution >= 4 is 5.91 Å². The number of hydrogen-bond donors (Lipinski definition) is 2. The summed E-state index contributed by atoms with van der Waals surface area (Å²) in [5.41, 5.74) is 1.97. The van der Waals surface area contributed by atoms with Gasteiger partial charge in [0, 0.05) is 24.8 Å². The quantitative estimate of drug-likeness (QED) is 0.704. The van der Waals surface area contributed by atoms with E-state index in [0.29, 0.717) is 6.54 Å². The number of tetrazole rings is 1. The number of rotatable bonds is 3. The second kappa shape index (κ2) is 4.09. The molecule has 0 saturated heterocycles. The minimum atomic E-state index is -0.364. The maximum absolute atomic E-state index is 11.5. The molecule has 0 radical (unpaired) electrons. The average molecular weight is 221 g/mol. The molecule has 16 heavy (non-hydrogen) atoms. The lowest BCUT2D eigenvalue weighted by atomic mass is 10.2. The smallest absolute Gasteiger partial charge is 0.293 e. The van der Waals surface area contributed by atoms with Gasteiger partial charge < -0.3 is 5.32 Å². The van der Waals surface area contributed by atoms with E-state index in [2.05, 4.69) is 31.0 Å². The van der Waals surface area contributed by atoms with Crippen molar-refractivity contribution in [1.29, 1.82) is 0 Å². The summed E-state index contributed by atoms with van der Waals surface area (Å²) in [5.74, 6) is -0.335. The van der Waals surface area contributed by atoms with Gasteiger partial charge in [0.05, 0.1) is 6.20 Å². The Bertz CT molecular complexity index is 486. The lowest BCUT2D eigenvalue weighted by Crippen LogP contribution is -2.24. The van der Waals surface area contributed by atoms with Crippen molar-refractivity contribution in [3.63, 3.8) is 0 Å². The topological polar surface area (TPSA) is 101 Å². The highest BCUT2D eigenvalue weighted by Gasteiger charge is 2.11. The molecule has 0 spiro atoms. The lowest BCUT2D eigenvalue weighted by molar-refractivity contribution is 0.0940. The number of amides is 1. The third-order valence-electron chi connectivity index (χ3n) is 2.32. The summed E-state index contributed by atoms with van der Waals surface area (Å²) >= 11 is 0. The van der Waals surface area contributed by atoms with Gasteiger partial charge in [0.1, 0.15) is 0 Å². The van der Waals surface area contributed by atoms with Crippen molar-refractivity contribution in [3.8, 4) is 0 Å². The fourth-order valence-electron chi connectivity index (χ4n) is 1.23. The zero-order valence-corrected chi connectivity index (χ0v) is 8.93. The van der Waals surface area contributed by atoms with Crippen LogP contribution in [0.15, 0.2) is 6.20 Å². The van der Waals surface area contributed by atoms with Crippen molar-refractivity contribution in [2.24, 2.45) is 7.05 Å². The van der Waals surface area contributed by atoms with Crippen molar-refractivity contribution in [2.45, 2.75) is 13.5 Å². The summed E-state index contributed by atoms with van der Waals surface area (Å²) in [4.78, 5) is 11.5. The Labute approximate surface area is 91.0 Å². The first-order valence-electron chi connectivity index (χ1n) is 4.67. The van der Waals surface area contributed by atoms with Crippen LogP contribution in [-0.4, -0.2) is 36.3 Å². The predicted molar refractivity (Wildman–Crippen MR) is 53.3 cm³/mol. The summed E-state index contributed by atoms with van der Waals surface area (Å²) < 4.78 is 1.75. The minimum Gasteiger partial charge on any atom is -0.345 e. The summed E-state index contributed by atoms with van der Waals surface area (Å²) in [6.07, 6.45) is 1.71. The van der Waals surface area contributed by atoms with Gasteiger partial charge in [-0.15, -0.1) is 10.2 Å². The first-order valence-corrected chi connectivity index (χ1v) is 4.67. The maximum Gasteiger partial charge on any atom is 0.293 e. The van der Waals surface area contributed by atoms with Crippen LogP contribution in [0.2, 0.25) is 0 Å². The van der Waals surface area contributed by atoms with Crippen LogP contribution in [0.25, 0.3) is 0 Å². The molecule has 0 aliphatic heterocycles. The third kappa shape index (κ3) is 1.90. The third-order valence-corrected chi connectivity index (χ3v) is 2.32. The van der Waals surface area contributed by atoms with Crippen LogP contribution in [0.3, 0.4) is 0 Å². The number of carbonyl (C=O) groups excluding carboxylic acids is 1. The van der Waals surface area contributed by atoms with Crippen molar-refractivity contribution < 1.29 is 4.79 Å². The Kier molecular flexibility index (Phi) is 2.63. The number of nitrogens with one attached hydrogen (secondary N) is 2. The molecule has 0 atom stereocenters. The van der Waals surface area contributed by atoms with Crippen LogP contribution in [0.5, 0.6) is 0 Å². The van der Waals surface area contributed by atoms with E-state index < -0.39 is 0 Å². The molecule has 0 saturated carbocycles. The first kappa shape index (κ1) is 10.3. The van der Waals surface area contributed by atoms with Crippen molar-refractivity contribution in [1.82, 2.24) is 35.7 Å². The predicted octanol–water partition coefficient (Wildman–Crippen LogP) is -0.828. The molecule has 0 unspecified atom stereocenters. The van der Waals surface area contributed by atoms with E-state index in [4.69, 9.17) is 0 Å². The first-order chi connectivity index (χ1) is 7.68. The second-order valence-electron chi connectivity index (χ2n) is 3.30. The van der Waals surface area contributed by atoms with Crippen molar-refractivity contribution in [3.05, 3.63) is 23.3 Å². The highest BCUT2D eigenvalue weighted by Crippen LogP contribution is 2.04. The zero-order chi connectivity index (χ0) is 11.5. The summed E-state index contributed by atoms with van der Waals surface area (Å²) in [5, 5.41) is 19.4. The van der Waals surface area contributed by atoms with Crippen LogP contribution in [0, 0.1) is 6.92 Å². The molecule has 2 rings (SSSR count). The zero-order valence-electron chi connectivity index (χ0n) is 8.93. The van der Waals surface area contributed by atoms with Crippen LogP contribution < -0.4 is 5.32 Å². The fraction of sp³-hybridized carbons (Fsp3) is 0.375. The van der Waals surface area contributed by atoms with Crippen LogP contribution in [0.1, 0.15) is 21.9 Å². The second-order valence-corrected chi connectivity index (χ2v) is 3.30. The molecule has 2 heterocycles. The molecule has 2 aromatic rings. The van der Waals surface area contributed by atoms with Crippen LogP contribution >= 0.6 is 0 Å². The van der Waals surface area contributed by atoms with E-state index in [1.54, 1.807) is 10.9 Å². The van der Waals surface area contributed by atoms with E-state index in [1.807, 2.05) is 14.0 Å². The van der Waals surface area contributed by atoms with E-state index in [-0.39, 0.29) is 11.7 Å². The van der Waals surface area contributed by atoms with E-state index in [9.17, 15) is 4.79 Å². The number of H-pyrrole nitrogens is 1. The Morgan fingerprint density at radius 3 is 3.00 bits per heavy atom. The molecule has 0 bridgehead atoms. The van der Waals surface area contributed by atoms with E-state index in [0.717, 1.165) is 11.3 Å². The number of carbonyl (C=O) groups is 1. The van der Waals surface area contributed by atoms with E-state index >= 15 is 0 Å². The molecule has 0 aliphatic carbocycles. The number of nitrogens with zero attached hydrogens (tertiary/aromatic N) is 5. The Morgan fingerprint density at radius 1 is 1.62 bits per heavy atom. The number of aromatic nitrogens is 6. The Balaban J connectivity index is 1.98. The number of aromatic amines is 1. The molecule has 0 fully saturated rings. The van der Waals surface area contributed by atoms with Gasteiger partial charge in [-0.05, 0) is 12.1 Å². The van der Waals surface area contributed by atoms with Gasteiger partial charge in [-0.1, -0.05) is 0 Å². The summed E-state index contributed by atoms with van der Waals surface area (Å²) in [7, 11) is 1.85. The van der Waals surface area contributed by atoms with Gasteiger partial charge in [0.2, 0.25) is 0 Å². The van der Waals surface area contributed by atoms with Crippen LogP contribution in [0.4, 0.5) is 0 Å². The number of hydrogen-bond acceptors (Lipinski definition) is 5. The average Bonchev–Trinajstić information content (AvgIpc) is 2.89. The summed E-state index contributed by atoms with van der Waals surface area (Å²) in [6, 6.07) is 0. The van der Waals surface area contributed by atoms with Gasteiger partial charge in [-0.3, -0.25) is 9.48 Å². The molecule has 84 valence electrons. The van der Waals surface area contributed by atoms with Gasteiger partial charge in [-0.25, -0.2) is 0 Å². The molecule has 8 nitrogen and oxygen atoms in total. The van der Waals surface area contributed by atoms with Gasteiger partial charge in [0.15, 0.2) is 0 Å². The molecule has 0 aliphatic rings. The Hall–Kier alpha value is -2.25. The van der Waals surface area contributed by atoms with Crippen LogP contribution in [-0.2, 0) is 13.6 Å². The van der Waals surface area contributed by atoms with Gasteiger partial charge in [0.25, 0.3) is 11.7 Å². The maximum atomic E-state index is 11.5. The fourth-order valence-corrected chi connectivity index (χ4v) is 1.23. The molecule has 1 amide bonds. The lowest BCUT2D eigenvalue weighted by Gasteiger charge is -2.01. The normalized spacial score (nSPS) is 10.4. The highest BCUT2D eigenvalue weighted by molar-refractivity contribution is 5.89.